The van der Waals surface area contributed by atoms with Gasteiger partial charge in [-0.1, -0.05) is 6.07 Å². The minimum Gasteiger partial charge on any atom is -0.494 e. The molecule has 4 nitrogen and oxygen atoms in total. The number of carbonyl (C=O) groups is 1. The van der Waals surface area contributed by atoms with Crippen LogP contribution in [-0.4, -0.2) is 30.2 Å². The number of hydrogen-bond acceptors (Lipinski definition) is 4. The van der Waals surface area contributed by atoms with E-state index in [2.05, 4.69) is 4.74 Å². The predicted octanol–water partition coefficient (Wildman–Crippen LogP) is 2.43. The van der Waals surface area contributed by atoms with Crippen LogP contribution in [0.2, 0.25) is 0 Å². The van der Waals surface area contributed by atoms with E-state index < -0.39 is 16.6 Å². The van der Waals surface area contributed by atoms with Gasteiger partial charge in [0, 0.05) is 22.3 Å². The van der Waals surface area contributed by atoms with Gasteiger partial charge in [-0.25, -0.2) is 4.39 Å². The Kier molecular flexibility index (Phi) is 4.98. The summed E-state index contributed by atoms with van der Waals surface area (Å²) in [5.74, 6) is 0.191. The predicted molar refractivity (Wildman–Crippen MR) is 78.0 cm³/mol. The lowest BCUT2D eigenvalue weighted by atomic mass is 10.1. The maximum absolute atomic E-state index is 13.6. The molecular formula is C15H19FO4S. The molecule has 1 atom stereocenters. The molecule has 1 aromatic rings. The van der Waals surface area contributed by atoms with Crippen LogP contribution >= 0.6 is 0 Å². The van der Waals surface area contributed by atoms with Crippen LogP contribution in [0, 0.1) is 11.2 Å². The quantitative estimate of drug-likeness (QED) is 0.725. The van der Waals surface area contributed by atoms with E-state index in [1.54, 1.807) is 6.07 Å². The van der Waals surface area contributed by atoms with Crippen LogP contribution in [0.4, 0.5) is 4.39 Å². The molecular weight excluding hydrogens is 295 g/mol. The van der Waals surface area contributed by atoms with Crippen molar-refractivity contribution >= 4 is 16.8 Å². The third-order valence-electron chi connectivity index (χ3n) is 3.72. The Bertz CT molecular complexity index is 555. The minimum atomic E-state index is -1.13. The van der Waals surface area contributed by atoms with Crippen LogP contribution in [0.5, 0.6) is 5.75 Å². The highest BCUT2D eigenvalue weighted by Gasteiger charge is 2.45. The first-order valence-electron chi connectivity index (χ1n) is 6.72. The first kappa shape index (κ1) is 15.9. The molecule has 0 aromatic heterocycles. The molecule has 1 saturated carbocycles. The molecule has 0 spiro atoms. The maximum Gasteiger partial charge on any atom is 0.306 e. The minimum absolute atomic E-state index is 0.175. The number of halogens is 1. The number of rotatable bonds is 7. The SMILES string of the molecule is COC(=O)CC1(CS(=O)Cc2ccc(OC)c(F)c2)CC1. The van der Waals surface area contributed by atoms with E-state index in [1.165, 1.54) is 26.4 Å². The molecule has 0 heterocycles. The molecule has 1 fully saturated rings. The third-order valence-corrected chi connectivity index (χ3v) is 5.30. The highest BCUT2D eigenvalue weighted by atomic mass is 32.2. The van der Waals surface area contributed by atoms with Gasteiger partial charge in [0.05, 0.1) is 20.6 Å². The molecule has 2 rings (SSSR count). The highest BCUT2D eigenvalue weighted by Crippen LogP contribution is 2.49. The van der Waals surface area contributed by atoms with Crippen molar-refractivity contribution in [1.29, 1.82) is 0 Å². The summed E-state index contributed by atoms with van der Waals surface area (Å²) in [6, 6.07) is 4.58. The molecule has 0 amide bonds. The van der Waals surface area contributed by atoms with Crippen molar-refractivity contribution in [2.75, 3.05) is 20.0 Å². The van der Waals surface area contributed by atoms with E-state index >= 15 is 0 Å². The van der Waals surface area contributed by atoms with E-state index in [9.17, 15) is 13.4 Å². The Morgan fingerprint density at radius 2 is 2.10 bits per heavy atom. The van der Waals surface area contributed by atoms with Crippen LogP contribution in [0.15, 0.2) is 18.2 Å². The Hall–Kier alpha value is -1.43. The monoisotopic (exact) mass is 314 g/mol. The molecule has 0 bridgehead atoms. The highest BCUT2D eigenvalue weighted by molar-refractivity contribution is 7.84. The largest absolute Gasteiger partial charge is 0.494 e. The average molecular weight is 314 g/mol. The van der Waals surface area contributed by atoms with E-state index in [-0.39, 0.29) is 22.9 Å². The summed E-state index contributed by atoms with van der Waals surface area (Å²) in [5.41, 5.74) is 0.490. The summed E-state index contributed by atoms with van der Waals surface area (Å²) in [6.45, 7) is 0. The molecule has 1 unspecified atom stereocenters. The Morgan fingerprint density at radius 3 is 2.62 bits per heavy atom. The zero-order valence-corrected chi connectivity index (χ0v) is 13.0. The van der Waals surface area contributed by atoms with Crippen LogP contribution in [-0.2, 0) is 26.1 Å². The van der Waals surface area contributed by atoms with Gasteiger partial charge >= 0.3 is 5.97 Å². The number of methoxy groups -OCH3 is 2. The second-order valence-corrected chi connectivity index (χ2v) is 6.91. The number of hydrogen-bond donors (Lipinski definition) is 0. The van der Waals surface area contributed by atoms with Gasteiger partial charge in [-0.15, -0.1) is 0 Å². The number of ether oxygens (including phenoxy) is 2. The van der Waals surface area contributed by atoms with Crippen molar-refractivity contribution in [2.45, 2.75) is 25.0 Å². The van der Waals surface area contributed by atoms with Crippen LogP contribution in [0.3, 0.4) is 0 Å². The molecule has 1 aliphatic carbocycles. The first-order chi connectivity index (χ1) is 9.98. The van der Waals surface area contributed by atoms with Gasteiger partial charge in [0.2, 0.25) is 0 Å². The van der Waals surface area contributed by atoms with Gasteiger partial charge in [-0.05, 0) is 36.0 Å². The maximum atomic E-state index is 13.6. The summed E-state index contributed by atoms with van der Waals surface area (Å²) in [7, 11) is 1.63. The fraction of sp³-hybridized carbons (Fsp3) is 0.533. The zero-order chi connectivity index (χ0) is 15.5. The van der Waals surface area contributed by atoms with Crippen molar-refractivity contribution in [1.82, 2.24) is 0 Å². The topological polar surface area (TPSA) is 52.6 Å². The number of esters is 1. The summed E-state index contributed by atoms with van der Waals surface area (Å²) >= 11 is 0. The summed E-state index contributed by atoms with van der Waals surface area (Å²) in [4.78, 5) is 11.3. The van der Waals surface area contributed by atoms with E-state index in [0.29, 0.717) is 17.7 Å². The molecule has 0 radical (unpaired) electrons. The van der Waals surface area contributed by atoms with Crippen LogP contribution < -0.4 is 4.74 Å². The third kappa shape index (κ3) is 4.27. The Labute approximate surface area is 126 Å². The van der Waals surface area contributed by atoms with Gasteiger partial charge in [0.1, 0.15) is 0 Å². The summed E-state index contributed by atoms with van der Waals surface area (Å²) in [6.07, 6.45) is 2.10. The van der Waals surface area contributed by atoms with Gasteiger partial charge in [0.25, 0.3) is 0 Å². The lowest BCUT2D eigenvalue weighted by Gasteiger charge is -2.13. The van der Waals surface area contributed by atoms with Crippen molar-refractivity contribution < 1.29 is 22.9 Å². The summed E-state index contributed by atoms with van der Waals surface area (Å²) in [5, 5.41) is 0. The number of carbonyl (C=O) groups excluding carboxylic acids is 1. The fourth-order valence-electron chi connectivity index (χ4n) is 2.31. The molecule has 1 aliphatic rings. The molecule has 1 aromatic carbocycles. The molecule has 0 N–H and O–H groups in total. The van der Waals surface area contributed by atoms with Gasteiger partial charge in [0.15, 0.2) is 11.6 Å². The molecule has 0 saturated heterocycles. The van der Waals surface area contributed by atoms with Crippen LogP contribution in [0.25, 0.3) is 0 Å². The lowest BCUT2D eigenvalue weighted by Crippen LogP contribution is -2.18. The van der Waals surface area contributed by atoms with Crippen molar-refractivity contribution in [3.8, 4) is 5.75 Å². The lowest BCUT2D eigenvalue weighted by molar-refractivity contribution is -0.141. The van der Waals surface area contributed by atoms with Crippen molar-refractivity contribution in [3.05, 3.63) is 29.6 Å². The average Bonchev–Trinajstić information content (AvgIpc) is 3.17. The van der Waals surface area contributed by atoms with E-state index in [1.807, 2.05) is 0 Å². The Morgan fingerprint density at radius 1 is 1.38 bits per heavy atom. The van der Waals surface area contributed by atoms with E-state index in [4.69, 9.17) is 4.74 Å². The second kappa shape index (κ2) is 6.56. The zero-order valence-electron chi connectivity index (χ0n) is 12.2. The molecule has 6 heteroatoms. The molecule has 0 aliphatic heterocycles. The smallest absolute Gasteiger partial charge is 0.306 e. The van der Waals surface area contributed by atoms with E-state index in [0.717, 1.165) is 12.8 Å². The summed E-state index contributed by atoms with van der Waals surface area (Å²) < 4.78 is 35.3. The van der Waals surface area contributed by atoms with Gasteiger partial charge < -0.3 is 9.47 Å². The molecule has 116 valence electrons. The Balaban J connectivity index is 1.93. The normalized spacial score (nSPS) is 17.1. The fourth-order valence-corrected chi connectivity index (χ4v) is 4.03. The van der Waals surface area contributed by atoms with Crippen LogP contribution in [0.1, 0.15) is 24.8 Å². The number of benzene rings is 1. The van der Waals surface area contributed by atoms with Gasteiger partial charge in [-0.3, -0.25) is 9.00 Å². The standard InChI is InChI=1S/C15H19FO4S/c1-19-13-4-3-11(7-12(13)16)9-21(18)10-15(5-6-15)8-14(17)20-2/h3-4,7H,5-6,8-10H2,1-2H3. The van der Waals surface area contributed by atoms with Crippen molar-refractivity contribution in [3.63, 3.8) is 0 Å². The second-order valence-electron chi connectivity index (χ2n) is 5.45. The van der Waals surface area contributed by atoms with Gasteiger partial charge in [-0.2, -0.15) is 0 Å². The first-order valence-corrected chi connectivity index (χ1v) is 8.21. The molecule has 21 heavy (non-hydrogen) atoms. The van der Waals surface area contributed by atoms with Crippen molar-refractivity contribution in [2.24, 2.45) is 5.41 Å².